The van der Waals surface area contributed by atoms with Gasteiger partial charge in [-0.2, -0.15) is 0 Å². The van der Waals surface area contributed by atoms with Crippen LogP contribution in [0.1, 0.15) is 41.0 Å². The highest BCUT2D eigenvalue weighted by atomic mass is 16.1. The Morgan fingerprint density at radius 2 is 2.13 bits per heavy atom. The van der Waals surface area contributed by atoms with E-state index in [-0.39, 0.29) is 17.1 Å². The Bertz CT molecular complexity index is 307. The summed E-state index contributed by atoms with van der Waals surface area (Å²) in [4.78, 5) is 12.1. The van der Waals surface area contributed by atoms with Crippen LogP contribution in [0.5, 0.6) is 0 Å². The summed E-state index contributed by atoms with van der Waals surface area (Å²) in [5.74, 6) is 0.869. The van der Waals surface area contributed by atoms with E-state index in [0.29, 0.717) is 5.92 Å². The number of hydrogen-bond acceptors (Lipinski definition) is 1. The summed E-state index contributed by atoms with van der Waals surface area (Å²) >= 11 is 0. The molecule has 1 aliphatic rings. The second-order valence-corrected chi connectivity index (χ2v) is 5.20. The van der Waals surface area contributed by atoms with Crippen molar-refractivity contribution in [2.24, 2.45) is 17.3 Å². The van der Waals surface area contributed by atoms with Crippen LogP contribution in [0, 0.1) is 17.3 Å². The highest BCUT2D eigenvalue weighted by Gasteiger charge is 2.40. The molecular weight excluding hydrogens is 184 g/mol. The van der Waals surface area contributed by atoms with Gasteiger partial charge in [0.05, 0.1) is 0 Å². The lowest BCUT2D eigenvalue weighted by molar-refractivity contribution is -0.123. The molecule has 15 heavy (non-hydrogen) atoms. The van der Waals surface area contributed by atoms with Gasteiger partial charge in [0.15, 0.2) is 5.78 Å². The number of allylic oxidation sites excluding steroid dienone is 4. The third-order valence-corrected chi connectivity index (χ3v) is 3.80. The molecule has 2 unspecified atom stereocenters. The Balaban J connectivity index is 3.05. The van der Waals surface area contributed by atoms with Gasteiger partial charge in [-0.15, -0.1) is 0 Å². The van der Waals surface area contributed by atoms with Gasteiger partial charge < -0.3 is 0 Å². The Hall–Kier alpha value is -0.850. The van der Waals surface area contributed by atoms with Gasteiger partial charge in [-0.1, -0.05) is 38.5 Å². The minimum atomic E-state index is 0.00819. The van der Waals surface area contributed by atoms with E-state index < -0.39 is 0 Å². The van der Waals surface area contributed by atoms with Crippen LogP contribution < -0.4 is 0 Å². The molecule has 0 amide bonds. The van der Waals surface area contributed by atoms with Crippen LogP contribution >= 0.6 is 0 Å². The Labute approximate surface area is 93.3 Å². The highest BCUT2D eigenvalue weighted by Crippen LogP contribution is 2.44. The van der Waals surface area contributed by atoms with Crippen molar-refractivity contribution in [2.45, 2.75) is 41.0 Å². The first-order chi connectivity index (χ1) is 6.91. The molecule has 2 atom stereocenters. The van der Waals surface area contributed by atoms with Crippen molar-refractivity contribution in [3.8, 4) is 0 Å². The second kappa shape index (κ2) is 4.34. The topological polar surface area (TPSA) is 17.1 Å². The molecule has 0 saturated heterocycles. The van der Waals surface area contributed by atoms with E-state index in [2.05, 4.69) is 33.8 Å². The number of ketones is 1. The number of hydrogen-bond donors (Lipinski definition) is 0. The molecule has 1 nitrogen and oxygen atoms in total. The van der Waals surface area contributed by atoms with Crippen molar-refractivity contribution in [3.05, 3.63) is 23.8 Å². The zero-order chi connectivity index (χ0) is 11.6. The molecule has 0 fully saturated rings. The predicted molar refractivity (Wildman–Crippen MR) is 64.6 cm³/mol. The molecule has 0 heterocycles. The van der Waals surface area contributed by atoms with Crippen molar-refractivity contribution >= 4 is 5.78 Å². The summed E-state index contributed by atoms with van der Waals surface area (Å²) < 4.78 is 0. The first-order valence-corrected chi connectivity index (χ1v) is 5.75. The first-order valence-electron chi connectivity index (χ1n) is 5.75. The summed E-state index contributed by atoms with van der Waals surface area (Å²) in [7, 11) is 0. The van der Waals surface area contributed by atoms with Crippen molar-refractivity contribution < 1.29 is 4.79 Å². The summed E-state index contributed by atoms with van der Waals surface area (Å²) in [5, 5.41) is 0. The summed E-state index contributed by atoms with van der Waals surface area (Å²) in [6.07, 6.45) is 6.88. The van der Waals surface area contributed by atoms with Crippen molar-refractivity contribution in [1.82, 2.24) is 0 Å². The van der Waals surface area contributed by atoms with E-state index in [1.54, 1.807) is 6.08 Å². The van der Waals surface area contributed by atoms with Crippen LogP contribution in [0.4, 0.5) is 0 Å². The molecule has 0 radical (unpaired) electrons. The van der Waals surface area contributed by atoms with Gasteiger partial charge in [0.2, 0.25) is 0 Å². The Kier molecular flexibility index (Phi) is 3.54. The Morgan fingerprint density at radius 3 is 2.67 bits per heavy atom. The quantitative estimate of drug-likeness (QED) is 0.496. The smallest absolute Gasteiger partial charge is 0.159 e. The van der Waals surface area contributed by atoms with Gasteiger partial charge in [0.1, 0.15) is 0 Å². The Morgan fingerprint density at radius 1 is 1.53 bits per heavy atom. The molecule has 1 heteroatoms. The molecule has 0 aromatic carbocycles. The summed E-state index contributed by atoms with van der Waals surface area (Å²) in [6, 6.07) is 0. The third kappa shape index (κ3) is 2.22. The highest BCUT2D eigenvalue weighted by molar-refractivity contribution is 5.92. The number of rotatable bonds is 2. The van der Waals surface area contributed by atoms with Crippen LogP contribution in [-0.2, 0) is 4.79 Å². The fraction of sp³-hybridized carbons (Fsp3) is 0.643. The van der Waals surface area contributed by atoms with E-state index in [9.17, 15) is 4.79 Å². The van der Waals surface area contributed by atoms with Crippen LogP contribution in [0.25, 0.3) is 0 Å². The molecule has 1 rings (SSSR count). The molecular formula is C14H22O. The maximum Gasteiger partial charge on any atom is 0.159 e. The van der Waals surface area contributed by atoms with Gasteiger partial charge in [-0.25, -0.2) is 0 Å². The zero-order valence-corrected chi connectivity index (χ0v) is 10.5. The van der Waals surface area contributed by atoms with Gasteiger partial charge >= 0.3 is 0 Å². The SMILES string of the molecule is CC=CC(=O)C1C(C)CC=C(C)C1(C)C. The molecule has 84 valence electrons. The largest absolute Gasteiger partial charge is 0.295 e. The van der Waals surface area contributed by atoms with Crippen molar-refractivity contribution in [3.63, 3.8) is 0 Å². The van der Waals surface area contributed by atoms with E-state index >= 15 is 0 Å². The minimum absolute atomic E-state index is 0.00819. The second-order valence-electron chi connectivity index (χ2n) is 5.20. The zero-order valence-electron chi connectivity index (χ0n) is 10.5. The van der Waals surface area contributed by atoms with Gasteiger partial charge in [0.25, 0.3) is 0 Å². The van der Waals surface area contributed by atoms with Gasteiger partial charge in [-0.05, 0) is 37.7 Å². The van der Waals surface area contributed by atoms with E-state index in [4.69, 9.17) is 0 Å². The first kappa shape index (κ1) is 12.2. The normalized spacial score (nSPS) is 30.3. The van der Waals surface area contributed by atoms with Crippen molar-refractivity contribution in [1.29, 1.82) is 0 Å². The standard InChI is InChI=1S/C14H22O/c1-6-7-12(15)13-10(2)8-9-11(3)14(13,4)5/h6-7,9-10,13H,8H2,1-5H3. The van der Waals surface area contributed by atoms with Gasteiger partial charge in [0, 0.05) is 5.92 Å². The van der Waals surface area contributed by atoms with Gasteiger partial charge in [-0.3, -0.25) is 4.79 Å². The summed E-state index contributed by atoms with van der Waals surface area (Å²) in [5.41, 5.74) is 1.36. The monoisotopic (exact) mass is 206 g/mol. The fourth-order valence-electron chi connectivity index (χ4n) is 2.62. The molecule has 0 saturated carbocycles. The molecule has 0 bridgehead atoms. The van der Waals surface area contributed by atoms with Crippen LogP contribution in [0.2, 0.25) is 0 Å². The lowest BCUT2D eigenvalue weighted by Crippen LogP contribution is -2.38. The predicted octanol–water partition coefficient (Wildman–Crippen LogP) is 3.76. The van der Waals surface area contributed by atoms with E-state index in [1.165, 1.54) is 5.57 Å². The number of carbonyl (C=O) groups is 1. The average Bonchev–Trinajstić information content (AvgIpc) is 2.12. The summed E-state index contributed by atoms with van der Waals surface area (Å²) in [6.45, 7) is 10.6. The molecule has 0 aliphatic heterocycles. The minimum Gasteiger partial charge on any atom is -0.295 e. The van der Waals surface area contributed by atoms with Crippen LogP contribution in [0.3, 0.4) is 0 Å². The van der Waals surface area contributed by atoms with E-state index in [0.717, 1.165) is 6.42 Å². The lowest BCUT2D eigenvalue weighted by Gasteiger charge is -2.41. The molecule has 0 aromatic rings. The third-order valence-electron chi connectivity index (χ3n) is 3.80. The molecule has 0 spiro atoms. The van der Waals surface area contributed by atoms with E-state index in [1.807, 2.05) is 13.0 Å². The van der Waals surface area contributed by atoms with Crippen molar-refractivity contribution in [2.75, 3.05) is 0 Å². The maximum absolute atomic E-state index is 12.1. The maximum atomic E-state index is 12.1. The molecule has 0 N–H and O–H groups in total. The van der Waals surface area contributed by atoms with Crippen LogP contribution in [0.15, 0.2) is 23.8 Å². The fourth-order valence-corrected chi connectivity index (χ4v) is 2.62. The molecule has 0 aromatic heterocycles. The number of carbonyl (C=O) groups excluding carboxylic acids is 1. The molecule has 1 aliphatic carbocycles. The lowest BCUT2D eigenvalue weighted by atomic mass is 9.62. The average molecular weight is 206 g/mol. The van der Waals surface area contributed by atoms with Crippen LogP contribution in [-0.4, -0.2) is 5.78 Å².